The summed E-state index contributed by atoms with van der Waals surface area (Å²) in [7, 11) is 0. The molecule has 1 heterocycles. The number of carbonyl (C=O) groups excluding carboxylic acids is 2. The monoisotopic (exact) mass is 323 g/mol. The number of carbonyl (C=O) groups is 2. The molecule has 5 atom stereocenters. The summed E-state index contributed by atoms with van der Waals surface area (Å²) in [5, 5.41) is 19.4. The van der Waals surface area contributed by atoms with Gasteiger partial charge in [0.2, 0.25) is 5.91 Å². The second-order valence-electron chi connectivity index (χ2n) is 7.37. The molecule has 1 saturated heterocycles. The number of aliphatic hydroxyl groups excluding tert-OH is 1. The van der Waals surface area contributed by atoms with E-state index in [-0.39, 0.29) is 23.9 Å². The molecule has 3 rings (SSSR count). The molecule has 3 fully saturated rings. The van der Waals surface area contributed by atoms with Crippen LogP contribution < -0.4 is 16.0 Å². The van der Waals surface area contributed by atoms with E-state index in [4.69, 9.17) is 0 Å². The molecule has 130 valence electrons. The summed E-state index contributed by atoms with van der Waals surface area (Å²) in [6.07, 6.45) is 5.71. The smallest absolute Gasteiger partial charge is 0.251 e. The lowest BCUT2D eigenvalue weighted by Crippen LogP contribution is -2.55. The third-order valence-electron chi connectivity index (χ3n) is 5.53. The maximum Gasteiger partial charge on any atom is 0.251 e. The minimum Gasteiger partial charge on any atom is -0.381 e. The molecule has 2 amide bonds. The number of rotatable bonds is 7. The van der Waals surface area contributed by atoms with E-state index >= 15 is 0 Å². The van der Waals surface area contributed by atoms with E-state index in [1.165, 1.54) is 12.8 Å². The van der Waals surface area contributed by atoms with Gasteiger partial charge in [-0.3, -0.25) is 9.59 Å². The largest absolute Gasteiger partial charge is 0.381 e. The molecule has 6 nitrogen and oxygen atoms in total. The van der Waals surface area contributed by atoms with Crippen LogP contribution in [0, 0.1) is 11.8 Å². The Bertz CT molecular complexity index is 452. The molecule has 23 heavy (non-hydrogen) atoms. The van der Waals surface area contributed by atoms with Crippen LogP contribution in [-0.2, 0) is 9.59 Å². The van der Waals surface area contributed by atoms with Crippen LogP contribution in [0.25, 0.3) is 0 Å². The summed E-state index contributed by atoms with van der Waals surface area (Å²) in [5.74, 6) is 0.605. The van der Waals surface area contributed by atoms with Gasteiger partial charge >= 0.3 is 0 Å². The number of amides is 2. The third-order valence-corrected chi connectivity index (χ3v) is 5.53. The van der Waals surface area contributed by atoms with Crippen LogP contribution >= 0.6 is 0 Å². The molecule has 2 aliphatic carbocycles. The van der Waals surface area contributed by atoms with Crippen LogP contribution in [0.15, 0.2) is 0 Å². The fourth-order valence-electron chi connectivity index (χ4n) is 4.06. The van der Waals surface area contributed by atoms with Crippen LogP contribution in [-0.4, -0.2) is 47.7 Å². The third kappa shape index (κ3) is 3.86. The van der Waals surface area contributed by atoms with E-state index in [1.54, 1.807) is 0 Å². The SMILES string of the molecule is CCC[C@H](NC(=O)[C@H]1NC[C@H]2CCCC21)C(O)C(=O)NC1CC1. The maximum absolute atomic E-state index is 12.6. The Kier molecular flexibility index (Phi) is 5.21. The van der Waals surface area contributed by atoms with Gasteiger partial charge in [0, 0.05) is 6.04 Å². The summed E-state index contributed by atoms with van der Waals surface area (Å²) < 4.78 is 0. The van der Waals surface area contributed by atoms with Crippen molar-refractivity contribution in [2.24, 2.45) is 11.8 Å². The standard InChI is InChI=1S/C17H29N3O3/c1-2-4-13(15(21)17(23)19-11-7-8-11)20-16(22)14-12-6-3-5-10(12)9-18-14/h10-15,18,21H,2-9H2,1H3,(H,19,23)(H,20,22)/t10-,12?,13+,14+,15?/m1/s1. The zero-order valence-electron chi connectivity index (χ0n) is 13.9. The van der Waals surface area contributed by atoms with Gasteiger partial charge in [-0.25, -0.2) is 0 Å². The highest BCUT2D eigenvalue weighted by Crippen LogP contribution is 2.37. The van der Waals surface area contributed by atoms with E-state index in [0.717, 1.165) is 32.2 Å². The summed E-state index contributed by atoms with van der Waals surface area (Å²) >= 11 is 0. The first kappa shape index (κ1) is 16.7. The lowest BCUT2D eigenvalue weighted by molar-refractivity contribution is -0.133. The summed E-state index contributed by atoms with van der Waals surface area (Å²) in [5.41, 5.74) is 0. The van der Waals surface area contributed by atoms with Gasteiger partial charge < -0.3 is 21.1 Å². The van der Waals surface area contributed by atoms with Crippen LogP contribution in [0.3, 0.4) is 0 Å². The minimum atomic E-state index is -1.17. The van der Waals surface area contributed by atoms with Gasteiger partial charge in [0.05, 0.1) is 12.1 Å². The average Bonchev–Trinajstić information content (AvgIpc) is 3.06. The highest BCUT2D eigenvalue weighted by molar-refractivity contribution is 5.86. The molecule has 2 unspecified atom stereocenters. The lowest BCUT2D eigenvalue weighted by atomic mass is 9.93. The maximum atomic E-state index is 12.6. The zero-order valence-corrected chi connectivity index (χ0v) is 13.9. The van der Waals surface area contributed by atoms with E-state index in [9.17, 15) is 14.7 Å². The summed E-state index contributed by atoms with van der Waals surface area (Å²) in [4.78, 5) is 24.7. The van der Waals surface area contributed by atoms with Crippen molar-refractivity contribution in [3.05, 3.63) is 0 Å². The van der Waals surface area contributed by atoms with Crippen LogP contribution in [0.2, 0.25) is 0 Å². The van der Waals surface area contributed by atoms with Crippen LogP contribution in [0.1, 0.15) is 51.9 Å². The summed E-state index contributed by atoms with van der Waals surface area (Å²) in [6, 6.07) is -0.458. The quantitative estimate of drug-likeness (QED) is 0.542. The molecule has 0 bridgehead atoms. The highest BCUT2D eigenvalue weighted by Gasteiger charge is 2.43. The fourth-order valence-corrected chi connectivity index (χ4v) is 4.06. The first-order valence-corrected chi connectivity index (χ1v) is 9.12. The van der Waals surface area contributed by atoms with Crippen molar-refractivity contribution in [3.63, 3.8) is 0 Å². The first-order valence-electron chi connectivity index (χ1n) is 9.12. The normalized spacial score (nSPS) is 32.2. The van der Waals surface area contributed by atoms with Crippen molar-refractivity contribution in [1.82, 2.24) is 16.0 Å². The van der Waals surface area contributed by atoms with E-state index in [0.29, 0.717) is 18.3 Å². The first-order chi connectivity index (χ1) is 11.1. The molecule has 2 saturated carbocycles. The Morgan fingerprint density at radius 2 is 2.04 bits per heavy atom. The molecule has 0 aromatic rings. The molecule has 0 radical (unpaired) electrons. The number of aliphatic hydroxyl groups is 1. The Labute approximate surface area is 137 Å². The van der Waals surface area contributed by atoms with Gasteiger partial charge in [-0.05, 0) is 50.5 Å². The average molecular weight is 323 g/mol. The molecule has 6 heteroatoms. The highest BCUT2D eigenvalue weighted by atomic mass is 16.3. The number of nitrogens with one attached hydrogen (secondary N) is 3. The Balaban J connectivity index is 1.57. The number of hydrogen-bond donors (Lipinski definition) is 4. The molecule has 3 aliphatic rings. The van der Waals surface area contributed by atoms with Crippen LogP contribution in [0.5, 0.6) is 0 Å². The zero-order chi connectivity index (χ0) is 16.4. The fraction of sp³-hybridized carbons (Fsp3) is 0.882. The van der Waals surface area contributed by atoms with E-state index < -0.39 is 12.1 Å². The van der Waals surface area contributed by atoms with Gasteiger partial charge in [-0.1, -0.05) is 19.8 Å². The van der Waals surface area contributed by atoms with Gasteiger partial charge in [0.1, 0.15) is 0 Å². The Hall–Kier alpha value is -1.14. The van der Waals surface area contributed by atoms with Gasteiger partial charge in [-0.15, -0.1) is 0 Å². The van der Waals surface area contributed by atoms with Gasteiger partial charge in [0.25, 0.3) is 5.91 Å². The van der Waals surface area contributed by atoms with Crippen molar-refractivity contribution < 1.29 is 14.7 Å². The Morgan fingerprint density at radius 1 is 1.26 bits per heavy atom. The topological polar surface area (TPSA) is 90.5 Å². The van der Waals surface area contributed by atoms with E-state index in [1.807, 2.05) is 6.92 Å². The van der Waals surface area contributed by atoms with Crippen LogP contribution in [0.4, 0.5) is 0 Å². The predicted molar refractivity (Wildman–Crippen MR) is 86.6 cm³/mol. The second-order valence-corrected chi connectivity index (χ2v) is 7.37. The Morgan fingerprint density at radius 3 is 2.74 bits per heavy atom. The van der Waals surface area contributed by atoms with Gasteiger partial charge in [-0.2, -0.15) is 0 Å². The van der Waals surface area contributed by atoms with Gasteiger partial charge in [0.15, 0.2) is 6.10 Å². The summed E-state index contributed by atoms with van der Waals surface area (Å²) in [6.45, 7) is 2.90. The molecule has 0 aromatic carbocycles. The van der Waals surface area contributed by atoms with Crippen molar-refractivity contribution in [2.75, 3.05) is 6.54 Å². The van der Waals surface area contributed by atoms with Crippen molar-refractivity contribution in [2.45, 2.75) is 76.1 Å². The number of fused-ring (bicyclic) bond motifs is 1. The van der Waals surface area contributed by atoms with Crippen molar-refractivity contribution in [1.29, 1.82) is 0 Å². The number of hydrogen-bond acceptors (Lipinski definition) is 4. The molecule has 0 aromatic heterocycles. The predicted octanol–water partition coefficient (Wildman–Crippen LogP) is 0.299. The van der Waals surface area contributed by atoms with E-state index in [2.05, 4.69) is 16.0 Å². The molecular weight excluding hydrogens is 294 g/mol. The molecule has 4 N–H and O–H groups in total. The minimum absolute atomic E-state index is 0.0591. The lowest BCUT2D eigenvalue weighted by Gasteiger charge is -2.26. The molecule has 1 aliphatic heterocycles. The molecule has 0 spiro atoms. The second kappa shape index (κ2) is 7.18. The molecular formula is C17H29N3O3. The van der Waals surface area contributed by atoms with Crippen molar-refractivity contribution in [3.8, 4) is 0 Å². The van der Waals surface area contributed by atoms with Crippen molar-refractivity contribution >= 4 is 11.8 Å².